The Labute approximate surface area is 163 Å². The van der Waals surface area contributed by atoms with Crippen LogP contribution in [0.2, 0.25) is 0 Å². The Kier molecular flexibility index (Phi) is 6.60. The average Bonchev–Trinajstić information content (AvgIpc) is 2.65. The lowest BCUT2D eigenvalue weighted by molar-refractivity contribution is -0.130. The van der Waals surface area contributed by atoms with E-state index in [2.05, 4.69) is 5.32 Å². The fourth-order valence-electron chi connectivity index (χ4n) is 2.15. The SMILES string of the molecule is COc1ccc(S(N)(=O)=O)cc1C(=O)Nc1ccc(OCC(=O)N(C)C)cc1. The zero-order valence-electron chi connectivity index (χ0n) is 15.6. The minimum absolute atomic E-state index is 0.0194. The summed E-state index contributed by atoms with van der Waals surface area (Å²) in [5, 5.41) is 7.75. The summed E-state index contributed by atoms with van der Waals surface area (Å²) in [6.45, 7) is -0.101. The number of hydrogen-bond donors (Lipinski definition) is 2. The standard InChI is InChI=1S/C18H21N3O6S/c1-21(2)17(22)11-27-13-6-4-12(5-7-13)20-18(23)15-10-14(28(19,24)25)8-9-16(15)26-3/h4-10H,11H2,1-3H3,(H,20,23)(H2,19,24,25). The summed E-state index contributed by atoms with van der Waals surface area (Å²) in [4.78, 5) is 25.3. The van der Waals surface area contributed by atoms with Crippen LogP contribution in [0.25, 0.3) is 0 Å². The summed E-state index contributed by atoms with van der Waals surface area (Å²) in [6, 6.07) is 10.1. The number of methoxy groups -OCH3 is 1. The van der Waals surface area contributed by atoms with Crippen molar-refractivity contribution in [3.05, 3.63) is 48.0 Å². The number of nitrogens with zero attached hydrogens (tertiary/aromatic N) is 1. The predicted octanol–water partition coefficient (Wildman–Crippen LogP) is 1.06. The molecular formula is C18H21N3O6S. The van der Waals surface area contributed by atoms with E-state index in [1.165, 1.54) is 24.1 Å². The van der Waals surface area contributed by atoms with E-state index in [9.17, 15) is 18.0 Å². The molecule has 0 atom stereocenters. The van der Waals surface area contributed by atoms with Gasteiger partial charge in [0, 0.05) is 19.8 Å². The van der Waals surface area contributed by atoms with E-state index in [0.717, 1.165) is 6.07 Å². The summed E-state index contributed by atoms with van der Waals surface area (Å²) in [6.07, 6.45) is 0. The molecule has 10 heteroatoms. The molecule has 0 aliphatic heterocycles. The summed E-state index contributed by atoms with van der Waals surface area (Å²) in [5.74, 6) is -0.0907. The summed E-state index contributed by atoms with van der Waals surface area (Å²) < 4.78 is 33.5. The Hall–Kier alpha value is -3.11. The Balaban J connectivity index is 2.13. The molecule has 9 nitrogen and oxygen atoms in total. The molecule has 3 N–H and O–H groups in total. The smallest absolute Gasteiger partial charge is 0.259 e. The summed E-state index contributed by atoms with van der Waals surface area (Å²) >= 11 is 0. The third-order valence-corrected chi connectivity index (χ3v) is 4.63. The van der Waals surface area contributed by atoms with E-state index >= 15 is 0 Å². The van der Waals surface area contributed by atoms with Crippen LogP contribution >= 0.6 is 0 Å². The van der Waals surface area contributed by atoms with Crippen molar-refractivity contribution in [2.75, 3.05) is 33.1 Å². The normalized spacial score (nSPS) is 10.9. The molecule has 2 rings (SSSR count). The van der Waals surface area contributed by atoms with Gasteiger partial charge in [0.25, 0.3) is 11.8 Å². The number of rotatable bonds is 7. The zero-order valence-corrected chi connectivity index (χ0v) is 16.4. The van der Waals surface area contributed by atoms with Gasteiger partial charge in [-0.05, 0) is 42.5 Å². The Morgan fingerprint density at radius 3 is 2.29 bits per heavy atom. The van der Waals surface area contributed by atoms with E-state index in [4.69, 9.17) is 14.6 Å². The molecule has 0 saturated carbocycles. The van der Waals surface area contributed by atoms with Crippen molar-refractivity contribution >= 4 is 27.5 Å². The van der Waals surface area contributed by atoms with E-state index in [-0.39, 0.29) is 28.7 Å². The van der Waals surface area contributed by atoms with Gasteiger partial charge in [-0.1, -0.05) is 0 Å². The lowest BCUT2D eigenvalue weighted by Crippen LogP contribution is -2.27. The van der Waals surface area contributed by atoms with Crippen molar-refractivity contribution in [3.8, 4) is 11.5 Å². The van der Waals surface area contributed by atoms with Crippen molar-refractivity contribution in [1.82, 2.24) is 4.90 Å². The Morgan fingerprint density at radius 1 is 1.11 bits per heavy atom. The number of amides is 2. The van der Waals surface area contributed by atoms with Gasteiger partial charge in [-0.2, -0.15) is 0 Å². The van der Waals surface area contributed by atoms with Crippen molar-refractivity contribution in [2.45, 2.75) is 4.90 Å². The summed E-state index contributed by atoms with van der Waals surface area (Å²) in [7, 11) is 0.657. The van der Waals surface area contributed by atoms with Crippen molar-refractivity contribution in [1.29, 1.82) is 0 Å². The minimum Gasteiger partial charge on any atom is -0.496 e. The molecule has 0 unspecified atom stereocenters. The molecule has 0 saturated heterocycles. The largest absolute Gasteiger partial charge is 0.496 e. The molecule has 0 bridgehead atoms. The van der Waals surface area contributed by atoms with Crippen molar-refractivity contribution in [3.63, 3.8) is 0 Å². The predicted molar refractivity (Wildman–Crippen MR) is 103 cm³/mol. The second-order valence-corrected chi connectivity index (χ2v) is 7.52. The molecule has 28 heavy (non-hydrogen) atoms. The molecular weight excluding hydrogens is 386 g/mol. The first-order chi connectivity index (χ1) is 13.1. The van der Waals surface area contributed by atoms with Gasteiger partial charge in [0.2, 0.25) is 10.0 Å². The van der Waals surface area contributed by atoms with Gasteiger partial charge in [0.05, 0.1) is 17.6 Å². The van der Waals surface area contributed by atoms with Crippen LogP contribution in [0, 0.1) is 0 Å². The van der Waals surface area contributed by atoms with E-state index in [0.29, 0.717) is 11.4 Å². The van der Waals surface area contributed by atoms with E-state index in [1.54, 1.807) is 38.4 Å². The van der Waals surface area contributed by atoms with E-state index < -0.39 is 15.9 Å². The number of hydrogen-bond acceptors (Lipinski definition) is 6. The van der Waals surface area contributed by atoms with Gasteiger partial charge in [0.15, 0.2) is 6.61 Å². The molecule has 0 fully saturated rings. The topological polar surface area (TPSA) is 128 Å². The highest BCUT2D eigenvalue weighted by atomic mass is 32.2. The first-order valence-electron chi connectivity index (χ1n) is 8.07. The maximum absolute atomic E-state index is 12.5. The molecule has 0 aliphatic carbocycles. The Bertz CT molecular complexity index is 971. The van der Waals surface area contributed by atoms with Crippen LogP contribution in [0.5, 0.6) is 11.5 Å². The molecule has 0 radical (unpaired) electrons. The third kappa shape index (κ3) is 5.44. The van der Waals surface area contributed by atoms with Gasteiger partial charge < -0.3 is 19.7 Å². The fourth-order valence-corrected chi connectivity index (χ4v) is 2.69. The summed E-state index contributed by atoms with van der Waals surface area (Å²) in [5.41, 5.74) is 0.463. The fraction of sp³-hybridized carbons (Fsp3) is 0.222. The van der Waals surface area contributed by atoms with Crippen LogP contribution in [0.1, 0.15) is 10.4 Å². The van der Waals surface area contributed by atoms with Crippen molar-refractivity contribution < 1.29 is 27.5 Å². The average molecular weight is 407 g/mol. The first-order valence-corrected chi connectivity index (χ1v) is 9.61. The zero-order chi connectivity index (χ0) is 20.9. The van der Waals surface area contributed by atoms with Crippen LogP contribution in [0.15, 0.2) is 47.4 Å². The van der Waals surface area contributed by atoms with Crippen LogP contribution in [0.3, 0.4) is 0 Å². The molecule has 150 valence electrons. The molecule has 2 aromatic carbocycles. The van der Waals surface area contributed by atoms with Crippen LogP contribution in [-0.4, -0.2) is 52.9 Å². The maximum Gasteiger partial charge on any atom is 0.259 e. The number of primary sulfonamides is 1. The second-order valence-electron chi connectivity index (χ2n) is 5.96. The number of likely N-dealkylation sites (N-methyl/N-ethyl adjacent to an activating group) is 1. The van der Waals surface area contributed by atoms with Crippen LogP contribution in [-0.2, 0) is 14.8 Å². The molecule has 0 heterocycles. The van der Waals surface area contributed by atoms with Crippen molar-refractivity contribution in [2.24, 2.45) is 5.14 Å². The monoisotopic (exact) mass is 407 g/mol. The quantitative estimate of drug-likeness (QED) is 0.706. The number of nitrogens with two attached hydrogens (primary N) is 1. The molecule has 2 amide bonds. The van der Waals surface area contributed by atoms with Gasteiger partial charge >= 0.3 is 0 Å². The van der Waals surface area contributed by atoms with Crippen LogP contribution < -0.4 is 19.9 Å². The molecule has 0 aromatic heterocycles. The van der Waals surface area contributed by atoms with Gasteiger partial charge in [0.1, 0.15) is 11.5 Å². The molecule has 0 spiro atoms. The molecule has 2 aromatic rings. The lowest BCUT2D eigenvalue weighted by atomic mass is 10.2. The van der Waals surface area contributed by atoms with Gasteiger partial charge in [-0.3, -0.25) is 9.59 Å². The number of ether oxygens (including phenoxy) is 2. The number of nitrogens with one attached hydrogen (secondary N) is 1. The highest BCUT2D eigenvalue weighted by Gasteiger charge is 2.17. The maximum atomic E-state index is 12.5. The number of benzene rings is 2. The van der Waals surface area contributed by atoms with E-state index in [1.807, 2.05) is 0 Å². The third-order valence-electron chi connectivity index (χ3n) is 3.72. The number of carbonyl (C=O) groups is 2. The highest BCUT2D eigenvalue weighted by Crippen LogP contribution is 2.24. The number of carbonyl (C=O) groups excluding carboxylic acids is 2. The lowest BCUT2D eigenvalue weighted by Gasteiger charge is -2.12. The molecule has 0 aliphatic rings. The second kappa shape index (κ2) is 8.72. The van der Waals surface area contributed by atoms with Crippen LogP contribution in [0.4, 0.5) is 5.69 Å². The number of sulfonamides is 1. The minimum atomic E-state index is -3.96. The van der Waals surface area contributed by atoms with Gasteiger partial charge in [-0.25, -0.2) is 13.6 Å². The van der Waals surface area contributed by atoms with Gasteiger partial charge in [-0.15, -0.1) is 0 Å². The Morgan fingerprint density at radius 2 is 1.75 bits per heavy atom. The first kappa shape index (κ1) is 21.2. The number of anilines is 1. The highest BCUT2D eigenvalue weighted by molar-refractivity contribution is 7.89.